The highest BCUT2D eigenvalue weighted by Gasteiger charge is 2.16. The average molecular weight is 845 g/mol. The van der Waals surface area contributed by atoms with Crippen LogP contribution < -0.4 is 0 Å². The Balaban J connectivity index is 3.62. The van der Waals surface area contributed by atoms with Crippen molar-refractivity contribution in [3.63, 3.8) is 0 Å². The molecule has 0 aliphatic heterocycles. The van der Waals surface area contributed by atoms with Crippen molar-refractivity contribution in [3.8, 4) is 0 Å². The Morgan fingerprint density at radius 2 is 0.705 bits per heavy atom. The Bertz CT molecular complexity index is 1230. The number of unbranched alkanes of at least 4 members (excludes halogenated alkanes) is 18. The van der Waals surface area contributed by atoms with Crippen LogP contribution in [0.25, 0.3) is 0 Å². The maximum absolute atomic E-state index is 12.2. The van der Waals surface area contributed by atoms with Gasteiger partial charge in [0.25, 0.3) is 0 Å². The predicted octanol–water partition coefficient (Wildman–Crippen LogP) is 16.6. The molecule has 1 N–H and O–H groups in total. The van der Waals surface area contributed by atoms with Gasteiger partial charge in [-0.15, -0.1) is 0 Å². The molecule has 0 rings (SSSR count). The first-order valence-corrected chi connectivity index (χ1v) is 24.9. The normalized spacial score (nSPS) is 13.2. The fourth-order valence-electron chi connectivity index (χ4n) is 6.61. The van der Waals surface area contributed by atoms with Crippen LogP contribution in [0.2, 0.25) is 0 Å². The first-order chi connectivity index (χ1) is 30.1. The van der Waals surface area contributed by atoms with E-state index in [1.807, 2.05) is 0 Å². The molecule has 0 aliphatic rings. The van der Waals surface area contributed by atoms with E-state index >= 15 is 0 Å². The molecule has 0 aliphatic carbocycles. The van der Waals surface area contributed by atoms with Crippen LogP contribution in [0.5, 0.6) is 0 Å². The molecule has 0 radical (unpaired) electrons. The predicted molar refractivity (Wildman–Crippen MR) is 265 cm³/mol. The van der Waals surface area contributed by atoms with Crippen LogP contribution in [0.1, 0.15) is 213 Å². The van der Waals surface area contributed by atoms with E-state index in [0.717, 1.165) is 103 Å². The minimum atomic E-state index is -0.782. The van der Waals surface area contributed by atoms with Crippen molar-refractivity contribution in [3.05, 3.63) is 109 Å². The number of aliphatic hydroxyl groups excluding tert-OH is 1. The Hall–Kier alpha value is -3.44. The molecule has 0 aromatic heterocycles. The SMILES string of the molecule is CC/C=C\C/C=C\C/C=C\C/C=C\C/C=C\C/C=C\C/C=C\C/C=C\C/C=C\CCCCCCCCCC(=O)OC(CO)COC(=O)CCCCCCCCCCCCCC. The summed E-state index contributed by atoms with van der Waals surface area (Å²) in [5.41, 5.74) is 0. The van der Waals surface area contributed by atoms with Crippen LogP contribution >= 0.6 is 0 Å². The van der Waals surface area contributed by atoms with E-state index in [4.69, 9.17) is 9.47 Å². The summed E-state index contributed by atoms with van der Waals surface area (Å²) in [6, 6.07) is 0. The molecule has 0 aromatic carbocycles. The topological polar surface area (TPSA) is 72.8 Å². The van der Waals surface area contributed by atoms with Crippen LogP contribution in [-0.4, -0.2) is 36.4 Å². The highest BCUT2D eigenvalue weighted by Crippen LogP contribution is 2.14. The van der Waals surface area contributed by atoms with E-state index in [1.54, 1.807) is 0 Å². The van der Waals surface area contributed by atoms with Crippen LogP contribution in [0.15, 0.2) is 109 Å². The van der Waals surface area contributed by atoms with Crippen molar-refractivity contribution in [1.29, 1.82) is 0 Å². The number of allylic oxidation sites excluding steroid dienone is 18. The third-order valence-corrected chi connectivity index (χ3v) is 10.3. The van der Waals surface area contributed by atoms with E-state index in [2.05, 4.69) is 123 Å². The third-order valence-electron chi connectivity index (χ3n) is 10.3. The summed E-state index contributed by atoms with van der Waals surface area (Å²) < 4.78 is 10.6. The smallest absolute Gasteiger partial charge is 0.306 e. The maximum Gasteiger partial charge on any atom is 0.306 e. The number of carbonyl (C=O) groups excluding carboxylic acids is 2. The van der Waals surface area contributed by atoms with Gasteiger partial charge in [0.05, 0.1) is 6.61 Å². The highest BCUT2D eigenvalue weighted by atomic mass is 16.6. The molecular weight excluding hydrogens is 753 g/mol. The van der Waals surface area contributed by atoms with Gasteiger partial charge >= 0.3 is 11.9 Å². The fraction of sp³-hybridized carbons (Fsp3) is 0.643. The van der Waals surface area contributed by atoms with Gasteiger partial charge in [0, 0.05) is 12.8 Å². The Kier molecular flexibility index (Phi) is 48.0. The molecule has 0 bridgehead atoms. The summed E-state index contributed by atoms with van der Waals surface area (Å²) in [5.74, 6) is -0.608. The van der Waals surface area contributed by atoms with Crippen LogP contribution in [0.4, 0.5) is 0 Å². The summed E-state index contributed by atoms with van der Waals surface area (Å²) in [5, 5.41) is 9.59. The largest absolute Gasteiger partial charge is 0.462 e. The molecule has 346 valence electrons. The van der Waals surface area contributed by atoms with Gasteiger partial charge in [-0.05, 0) is 83.5 Å². The molecule has 5 heteroatoms. The van der Waals surface area contributed by atoms with E-state index in [9.17, 15) is 14.7 Å². The molecule has 61 heavy (non-hydrogen) atoms. The summed E-state index contributed by atoms with van der Waals surface area (Å²) in [6.45, 7) is 4.00. The van der Waals surface area contributed by atoms with E-state index < -0.39 is 6.10 Å². The van der Waals surface area contributed by atoms with E-state index in [0.29, 0.717) is 12.8 Å². The number of rotatable bonds is 44. The number of hydrogen-bond acceptors (Lipinski definition) is 5. The van der Waals surface area contributed by atoms with E-state index in [-0.39, 0.29) is 25.2 Å². The second kappa shape index (κ2) is 50.9. The summed E-state index contributed by atoms with van der Waals surface area (Å²) >= 11 is 0. The second-order valence-corrected chi connectivity index (χ2v) is 16.2. The standard InChI is InChI=1S/C56H92O5/c1-3-5-7-9-11-13-15-17-18-19-20-21-22-23-24-25-26-27-28-29-30-31-32-33-34-35-36-37-38-39-41-43-45-47-49-51-56(59)61-54(52-57)53-60-55(58)50-48-46-44-42-40-16-14-12-10-8-6-4-2/h5,7,11,13,17-18,20-21,23-24,26-27,29-30,32-33,35-36,54,57H,3-4,6,8-10,12,14-16,19,22,25,28,31,34,37-53H2,1-2H3/b7-5-,13-11-,18-17-,21-20-,24-23-,27-26-,30-29-,33-32-,36-35-. The second-order valence-electron chi connectivity index (χ2n) is 16.2. The van der Waals surface area contributed by atoms with Gasteiger partial charge < -0.3 is 14.6 Å². The average Bonchev–Trinajstić information content (AvgIpc) is 3.26. The van der Waals surface area contributed by atoms with Gasteiger partial charge in [-0.3, -0.25) is 9.59 Å². The van der Waals surface area contributed by atoms with Gasteiger partial charge in [0.2, 0.25) is 0 Å². The first kappa shape index (κ1) is 57.6. The van der Waals surface area contributed by atoms with Crippen LogP contribution in [0, 0.1) is 0 Å². The minimum Gasteiger partial charge on any atom is -0.462 e. The van der Waals surface area contributed by atoms with Crippen molar-refractivity contribution in [2.24, 2.45) is 0 Å². The Morgan fingerprint density at radius 1 is 0.393 bits per heavy atom. The minimum absolute atomic E-state index is 0.0738. The quantitative estimate of drug-likeness (QED) is 0.0376. The van der Waals surface area contributed by atoms with Gasteiger partial charge in [-0.25, -0.2) is 0 Å². The molecule has 0 amide bonds. The summed E-state index contributed by atoms with van der Waals surface area (Å²) in [6.07, 6.45) is 73.2. The zero-order chi connectivity index (χ0) is 44.2. The lowest BCUT2D eigenvalue weighted by Gasteiger charge is -2.15. The fourth-order valence-corrected chi connectivity index (χ4v) is 6.61. The van der Waals surface area contributed by atoms with Crippen molar-refractivity contribution in [1.82, 2.24) is 0 Å². The van der Waals surface area contributed by atoms with Crippen molar-refractivity contribution in [2.75, 3.05) is 13.2 Å². The van der Waals surface area contributed by atoms with Gasteiger partial charge in [-0.2, -0.15) is 0 Å². The van der Waals surface area contributed by atoms with Crippen molar-refractivity contribution < 1.29 is 24.2 Å². The molecule has 0 aromatic rings. The third kappa shape index (κ3) is 49.1. The van der Waals surface area contributed by atoms with Gasteiger partial charge in [0.1, 0.15) is 6.61 Å². The lowest BCUT2D eigenvalue weighted by molar-refractivity contribution is -0.161. The summed E-state index contributed by atoms with van der Waals surface area (Å²) in [4.78, 5) is 24.3. The summed E-state index contributed by atoms with van der Waals surface area (Å²) in [7, 11) is 0. The van der Waals surface area contributed by atoms with Gasteiger partial charge in [-0.1, -0.05) is 226 Å². The molecule has 1 unspecified atom stereocenters. The number of esters is 2. The van der Waals surface area contributed by atoms with Gasteiger partial charge in [0.15, 0.2) is 6.10 Å². The molecular formula is C56H92O5. The molecule has 0 saturated carbocycles. The molecule has 0 fully saturated rings. The lowest BCUT2D eigenvalue weighted by atomic mass is 10.0. The maximum atomic E-state index is 12.2. The van der Waals surface area contributed by atoms with E-state index in [1.165, 1.54) is 83.5 Å². The Labute approximate surface area is 376 Å². The first-order valence-electron chi connectivity index (χ1n) is 24.9. The number of carbonyl (C=O) groups is 2. The highest BCUT2D eigenvalue weighted by molar-refractivity contribution is 5.70. The molecule has 5 nitrogen and oxygen atoms in total. The molecule has 0 saturated heterocycles. The van der Waals surface area contributed by atoms with Crippen LogP contribution in [0.3, 0.4) is 0 Å². The van der Waals surface area contributed by atoms with Crippen molar-refractivity contribution in [2.45, 2.75) is 219 Å². The Morgan fingerprint density at radius 3 is 1.07 bits per heavy atom. The lowest BCUT2D eigenvalue weighted by Crippen LogP contribution is -2.28. The molecule has 1 atom stereocenters. The van der Waals surface area contributed by atoms with Crippen molar-refractivity contribution >= 4 is 11.9 Å². The monoisotopic (exact) mass is 845 g/mol. The zero-order valence-corrected chi connectivity index (χ0v) is 39.4. The number of hydrogen-bond donors (Lipinski definition) is 1. The van der Waals surface area contributed by atoms with Crippen LogP contribution in [-0.2, 0) is 19.1 Å². The molecule has 0 spiro atoms. The molecule has 0 heterocycles. The number of ether oxygens (including phenoxy) is 2. The zero-order valence-electron chi connectivity index (χ0n) is 39.4. The number of aliphatic hydroxyl groups is 1.